The molecule has 0 heterocycles. The van der Waals surface area contributed by atoms with E-state index >= 15 is 0 Å². The van der Waals surface area contributed by atoms with E-state index in [-0.39, 0.29) is 0 Å². The third-order valence-electron chi connectivity index (χ3n) is 5.69. The van der Waals surface area contributed by atoms with Gasteiger partial charge in [-0.15, -0.1) is 0 Å². The molecule has 162 valence electrons. The zero-order chi connectivity index (χ0) is 20.6. The van der Waals surface area contributed by atoms with Crippen molar-refractivity contribution >= 4 is 26.7 Å². The molecule has 0 aliphatic rings. The molecule has 0 N–H and O–H groups in total. The molecule has 27 heavy (non-hydrogen) atoms. The summed E-state index contributed by atoms with van der Waals surface area (Å²) in [6.45, 7) is 16.3. The van der Waals surface area contributed by atoms with Gasteiger partial charge in [-0.1, -0.05) is 0 Å². The molecule has 3 heteroatoms. The van der Waals surface area contributed by atoms with Gasteiger partial charge in [0.2, 0.25) is 0 Å². The van der Waals surface area contributed by atoms with E-state index in [0.717, 1.165) is 0 Å². The van der Waals surface area contributed by atoms with Crippen LogP contribution in [0.25, 0.3) is 0 Å². The first-order valence-corrected chi connectivity index (χ1v) is 23.6. The molecule has 0 fully saturated rings. The molecule has 0 aliphatic carbocycles. The number of rotatable bonds is 18. The molecule has 0 rings (SSSR count). The number of hydrogen-bond donors (Lipinski definition) is 0. The average molecular weight is 503 g/mol. The fraction of sp³-hybridized carbons (Fsp3) is 0.917. The van der Waals surface area contributed by atoms with Crippen LogP contribution >= 0.6 is 0 Å². The molecule has 1 nitrogen and oxygen atoms in total. The summed E-state index contributed by atoms with van der Waals surface area (Å²) < 4.78 is 12.6. The van der Waals surface area contributed by atoms with Crippen molar-refractivity contribution in [3.8, 4) is 0 Å². The Morgan fingerprint density at radius 2 is 1.30 bits per heavy atom. The second-order valence-electron chi connectivity index (χ2n) is 9.81. The van der Waals surface area contributed by atoms with Gasteiger partial charge in [-0.3, -0.25) is 0 Å². The first-order valence-electron chi connectivity index (χ1n) is 12.1. The zero-order valence-corrected chi connectivity index (χ0v) is 23.9. The van der Waals surface area contributed by atoms with Crippen LogP contribution in [0.1, 0.15) is 91.9 Å². The van der Waals surface area contributed by atoms with Crippen molar-refractivity contribution in [2.75, 3.05) is 0 Å². The van der Waals surface area contributed by atoms with Gasteiger partial charge in [0.15, 0.2) is 0 Å². The molecular formula is C24H52OSiSn. The minimum absolute atomic E-state index is 0.446. The summed E-state index contributed by atoms with van der Waals surface area (Å²) in [5.74, 6) is 0. The van der Waals surface area contributed by atoms with Gasteiger partial charge in [0.25, 0.3) is 0 Å². The first-order chi connectivity index (χ1) is 12.8. The van der Waals surface area contributed by atoms with E-state index in [1.165, 1.54) is 68.6 Å². The summed E-state index contributed by atoms with van der Waals surface area (Å²) in [4.78, 5) is 0. The van der Waals surface area contributed by atoms with Gasteiger partial charge in [0, 0.05) is 0 Å². The molecule has 1 atom stereocenters. The quantitative estimate of drug-likeness (QED) is 0.103. The van der Waals surface area contributed by atoms with Crippen molar-refractivity contribution in [2.45, 2.75) is 135 Å². The van der Waals surface area contributed by atoms with Gasteiger partial charge in [-0.2, -0.15) is 0 Å². The summed E-state index contributed by atoms with van der Waals surface area (Å²) in [5, 5.41) is 0. The van der Waals surface area contributed by atoms with Crippen molar-refractivity contribution < 1.29 is 4.43 Å². The van der Waals surface area contributed by atoms with Crippen molar-refractivity contribution in [3.63, 3.8) is 0 Å². The Morgan fingerprint density at radius 3 is 1.74 bits per heavy atom. The van der Waals surface area contributed by atoms with Crippen LogP contribution in [0.2, 0.25) is 37.4 Å². The van der Waals surface area contributed by atoms with E-state index in [1.54, 1.807) is 13.3 Å². The minimum atomic E-state index is -1.92. The van der Waals surface area contributed by atoms with Crippen LogP contribution in [-0.4, -0.2) is 32.8 Å². The molecule has 0 saturated heterocycles. The van der Waals surface area contributed by atoms with Crippen molar-refractivity contribution in [1.82, 2.24) is 0 Å². The van der Waals surface area contributed by atoms with Gasteiger partial charge in [0.1, 0.15) is 0 Å². The molecular weight excluding hydrogens is 451 g/mol. The Labute approximate surface area is 178 Å². The van der Waals surface area contributed by atoms with Crippen LogP contribution in [0.4, 0.5) is 0 Å². The van der Waals surface area contributed by atoms with Crippen LogP contribution in [0.5, 0.6) is 0 Å². The Kier molecular flexibility index (Phi) is 16.9. The van der Waals surface area contributed by atoms with Crippen LogP contribution in [0.3, 0.4) is 0 Å². The molecule has 0 radical (unpaired) electrons. The second kappa shape index (κ2) is 16.5. The van der Waals surface area contributed by atoms with Crippen molar-refractivity contribution in [2.24, 2.45) is 0 Å². The predicted molar refractivity (Wildman–Crippen MR) is 131 cm³/mol. The zero-order valence-electron chi connectivity index (χ0n) is 20.0. The normalized spacial score (nSPS) is 14.2. The Hall–Kier alpha value is 0.716. The van der Waals surface area contributed by atoms with E-state index in [0.29, 0.717) is 6.10 Å². The van der Waals surface area contributed by atoms with Crippen LogP contribution < -0.4 is 0 Å². The van der Waals surface area contributed by atoms with Crippen molar-refractivity contribution in [3.05, 3.63) is 12.2 Å². The maximum atomic E-state index is 6.15. The van der Waals surface area contributed by atoms with Crippen LogP contribution in [-0.2, 0) is 4.43 Å². The maximum absolute atomic E-state index is 6.15. The van der Waals surface area contributed by atoms with E-state index in [9.17, 15) is 0 Å². The number of allylic oxidation sites excluding steroid dienone is 2. The molecule has 0 aromatic heterocycles. The summed E-state index contributed by atoms with van der Waals surface area (Å²) in [6, 6.07) is 0. The van der Waals surface area contributed by atoms with Crippen LogP contribution in [0.15, 0.2) is 12.2 Å². The fourth-order valence-electron chi connectivity index (χ4n) is 4.14. The number of unbranched alkanes of at least 4 members (excludes halogenated alkanes) is 5. The topological polar surface area (TPSA) is 9.23 Å². The standard InChI is InChI=1S/C12H25OSi.3C4H9.Sn/c1-6-7-8-9-10-11-12(2)13-14(3,4)5;3*1-3-4-2;/h6-7,12H,1,8-11H2,2-5H3;3*1,3-4H2,2H3;/t12-;;;;/m0..../s1. The molecule has 0 aromatic carbocycles. The SMILES string of the molecule is CCC[CH2][Sn]([CH2]C=CCCCC[C@H](C)O[Si](C)(C)C)([CH2]CCC)[CH2]CCC. The van der Waals surface area contributed by atoms with Gasteiger partial charge in [-0.05, 0) is 0 Å². The monoisotopic (exact) mass is 504 g/mol. The average Bonchev–Trinajstić information content (AvgIpc) is 2.60. The van der Waals surface area contributed by atoms with E-state index < -0.39 is 26.7 Å². The predicted octanol–water partition coefficient (Wildman–Crippen LogP) is 9.19. The Balaban J connectivity index is 4.33. The first kappa shape index (κ1) is 27.7. The Morgan fingerprint density at radius 1 is 0.778 bits per heavy atom. The third kappa shape index (κ3) is 16.2. The molecule has 0 bridgehead atoms. The molecule has 0 aliphatic heterocycles. The van der Waals surface area contributed by atoms with Gasteiger partial charge in [0.05, 0.1) is 0 Å². The van der Waals surface area contributed by atoms with E-state index in [2.05, 4.69) is 59.5 Å². The Bertz CT molecular complexity index is 340. The summed E-state index contributed by atoms with van der Waals surface area (Å²) in [5.41, 5.74) is 0. The molecule has 0 unspecified atom stereocenters. The van der Waals surface area contributed by atoms with Crippen molar-refractivity contribution in [1.29, 1.82) is 0 Å². The van der Waals surface area contributed by atoms with E-state index in [1.807, 2.05) is 0 Å². The molecule has 0 aromatic rings. The second-order valence-corrected chi connectivity index (χ2v) is 28.3. The third-order valence-corrected chi connectivity index (χ3v) is 22.0. The summed E-state index contributed by atoms with van der Waals surface area (Å²) >= 11 is -1.92. The summed E-state index contributed by atoms with van der Waals surface area (Å²) in [6.07, 6.45) is 19.4. The van der Waals surface area contributed by atoms with Crippen LogP contribution in [0, 0.1) is 0 Å². The van der Waals surface area contributed by atoms with Gasteiger partial charge in [-0.25, -0.2) is 0 Å². The number of hydrogen-bond acceptors (Lipinski definition) is 1. The fourth-order valence-corrected chi connectivity index (χ4v) is 20.7. The van der Waals surface area contributed by atoms with Gasteiger partial charge >= 0.3 is 179 Å². The molecule has 0 spiro atoms. The molecule has 0 saturated carbocycles. The van der Waals surface area contributed by atoms with E-state index in [4.69, 9.17) is 4.43 Å². The summed E-state index contributed by atoms with van der Waals surface area (Å²) in [7, 11) is -1.36. The van der Waals surface area contributed by atoms with Gasteiger partial charge < -0.3 is 0 Å². The molecule has 0 amide bonds.